The molecule has 214 valence electrons. The van der Waals surface area contributed by atoms with Crippen molar-refractivity contribution in [2.75, 3.05) is 19.1 Å². The number of pyridine rings is 1. The van der Waals surface area contributed by atoms with Gasteiger partial charge in [-0.25, -0.2) is 9.78 Å². The molecule has 2 aromatic carbocycles. The number of esters is 1. The third kappa shape index (κ3) is 6.28. The van der Waals surface area contributed by atoms with E-state index in [0.717, 1.165) is 12.8 Å². The molecule has 0 amide bonds. The number of hydrogen-bond acceptors (Lipinski definition) is 6. The van der Waals surface area contributed by atoms with Crippen LogP contribution in [0.4, 0.5) is 18.9 Å². The zero-order valence-corrected chi connectivity index (χ0v) is 23.6. The second-order valence-electron chi connectivity index (χ2n) is 9.63. The molecular weight excluding hydrogens is 580 g/mol. The minimum Gasteiger partial charge on any atom is -0.471 e. The first-order valence-corrected chi connectivity index (χ1v) is 13.4. The molecule has 0 N–H and O–H groups in total. The summed E-state index contributed by atoms with van der Waals surface area (Å²) in [7, 11) is 2.78. The molecule has 1 fully saturated rings. The number of rotatable bonds is 9. The van der Waals surface area contributed by atoms with Crippen LogP contribution in [0.25, 0.3) is 11.1 Å². The first kappa shape index (κ1) is 28.8. The highest BCUT2D eigenvalue weighted by molar-refractivity contribution is 6.39. The Balaban J connectivity index is 1.41. The predicted octanol–water partition coefficient (Wildman–Crippen LogP) is 7.61. The maximum atomic E-state index is 14.2. The Morgan fingerprint density at radius 1 is 1.10 bits per heavy atom. The summed E-state index contributed by atoms with van der Waals surface area (Å²) in [5.74, 6) is -0.724. The second kappa shape index (κ2) is 11.6. The molecule has 7 nitrogen and oxygen atoms in total. The van der Waals surface area contributed by atoms with Gasteiger partial charge in [-0.1, -0.05) is 41.4 Å². The average molecular weight is 605 g/mol. The van der Waals surface area contributed by atoms with Crippen LogP contribution >= 0.6 is 23.2 Å². The molecule has 0 unspecified atom stereocenters. The second-order valence-corrected chi connectivity index (χ2v) is 10.4. The number of carbonyl (C=O) groups excluding carboxylic acids is 1. The summed E-state index contributed by atoms with van der Waals surface area (Å²) >= 11 is 12.9. The third-order valence-corrected chi connectivity index (χ3v) is 7.31. The fraction of sp³-hybridized carbons (Fsp3) is 0.276. The molecule has 0 atom stereocenters. The predicted molar refractivity (Wildman–Crippen MR) is 149 cm³/mol. The molecule has 0 spiro atoms. The van der Waals surface area contributed by atoms with Gasteiger partial charge in [0, 0.05) is 30.8 Å². The molecule has 0 radical (unpaired) electrons. The fourth-order valence-electron chi connectivity index (χ4n) is 4.58. The van der Waals surface area contributed by atoms with E-state index >= 15 is 0 Å². The van der Waals surface area contributed by atoms with Gasteiger partial charge in [-0.05, 0) is 48.7 Å². The van der Waals surface area contributed by atoms with E-state index in [0.29, 0.717) is 38.0 Å². The van der Waals surface area contributed by atoms with Crippen LogP contribution in [0.5, 0.6) is 5.88 Å². The standard InChI is InChI=1S/C29H25Cl2F3N4O3/c1-37(15-17-5-3-6-18(13-17)28(39)40-2)23-11-12-25(36-27(23)29(32,33)34)41-16-24-20(14-35-38(24)19-9-10-19)26-21(30)7-4-8-22(26)31/h3-8,11-14,19H,9-10,15-16H2,1-2H3. The van der Waals surface area contributed by atoms with Crippen LogP contribution in [0.15, 0.2) is 60.8 Å². The number of methoxy groups -OCH3 is 1. The summed E-state index contributed by atoms with van der Waals surface area (Å²) in [6.45, 7) is 0.00547. The van der Waals surface area contributed by atoms with Gasteiger partial charge in [0.2, 0.25) is 5.88 Å². The molecule has 0 aliphatic heterocycles. The molecule has 1 saturated carbocycles. The van der Waals surface area contributed by atoms with Crippen LogP contribution in [0.3, 0.4) is 0 Å². The Morgan fingerprint density at radius 2 is 1.80 bits per heavy atom. The van der Waals surface area contributed by atoms with Crippen molar-refractivity contribution < 1.29 is 27.4 Å². The van der Waals surface area contributed by atoms with Gasteiger partial charge >= 0.3 is 12.1 Å². The summed E-state index contributed by atoms with van der Waals surface area (Å²) in [6.07, 6.45) is -1.23. The third-order valence-electron chi connectivity index (χ3n) is 6.68. The van der Waals surface area contributed by atoms with Gasteiger partial charge in [0.25, 0.3) is 0 Å². The van der Waals surface area contributed by atoms with Crippen molar-refractivity contribution in [2.24, 2.45) is 0 Å². The maximum absolute atomic E-state index is 14.2. The van der Waals surface area contributed by atoms with E-state index < -0.39 is 17.8 Å². The lowest BCUT2D eigenvalue weighted by Crippen LogP contribution is -2.22. The summed E-state index contributed by atoms with van der Waals surface area (Å²) in [4.78, 5) is 17.1. The van der Waals surface area contributed by atoms with Crippen LogP contribution in [-0.2, 0) is 24.1 Å². The number of carbonyl (C=O) groups is 1. The largest absolute Gasteiger partial charge is 0.471 e. The molecule has 1 aliphatic rings. The monoisotopic (exact) mass is 604 g/mol. The molecular formula is C29H25Cl2F3N4O3. The summed E-state index contributed by atoms with van der Waals surface area (Å²) in [6, 6.07) is 14.5. The first-order valence-electron chi connectivity index (χ1n) is 12.7. The molecule has 4 aromatic rings. The lowest BCUT2D eigenvalue weighted by atomic mass is 10.1. The van der Waals surface area contributed by atoms with Crippen LogP contribution < -0.4 is 9.64 Å². The summed E-state index contributed by atoms with van der Waals surface area (Å²) in [5.41, 5.74) is 1.57. The van der Waals surface area contributed by atoms with E-state index in [1.54, 1.807) is 48.7 Å². The van der Waals surface area contributed by atoms with Gasteiger partial charge < -0.3 is 14.4 Å². The van der Waals surface area contributed by atoms with E-state index in [2.05, 4.69) is 10.1 Å². The zero-order chi connectivity index (χ0) is 29.3. The lowest BCUT2D eigenvalue weighted by molar-refractivity contribution is -0.140. The van der Waals surface area contributed by atoms with Crippen molar-refractivity contribution in [2.45, 2.75) is 38.2 Å². The molecule has 0 bridgehead atoms. The van der Waals surface area contributed by atoms with E-state index in [1.165, 1.54) is 31.2 Å². The van der Waals surface area contributed by atoms with Crippen molar-refractivity contribution in [3.05, 3.63) is 93.4 Å². The highest BCUT2D eigenvalue weighted by Gasteiger charge is 2.37. The van der Waals surface area contributed by atoms with E-state index in [-0.39, 0.29) is 30.8 Å². The number of anilines is 1. The van der Waals surface area contributed by atoms with Crippen molar-refractivity contribution in [3.8, 4) is 17.0 Å². The number of benzene rings is 2. The Bertz CT molecular complexity index is 1570. The first-order chi connectivity index (χ1) is 19.6. The van der Waals surface area contributed by atoms with Gasteiger partial charge in [-0.15, -0.1) is 0 Å². The Morgan fingerprint density at radius 3 is 2.46 bits per heavy atom. The van der Waals surface area contributed by atoms with Crippen molar-refractivity contribution >= 4 is 34.9 Å². The van der Waals surface area contributed by atoms with Crippen LogP contribution in [0.2, 0.25) is 10.0 Å². The fourth-order valence-corrected chi connectivity index (χ4v) is 5.18. The summed E-state index contributed by atoms with van der Waals surface area (Å²) < 4.78 is 54.8. The minimum absolute atomic E-state index is 0.0901. The number of hydrogen-bond donors (Lipinski definition) is 0. The number of nitrogens with zero attached hydrogens (tertiary/aromatic N) is 4. The van der Waals surface area contributed by atoms with Crippen LogP contribution in [0.1, 0.15) is 46.2 Å². The molecule has 5 rings (SSSR count). The number of halogens is 5. The SMILES string of the molecule is COC(=O)c1cccc(CN(C)c2ccc(OCc3c(-c4c(Cl)cccc4Cl)cnn3C3CC3)nc2C(F)(F)F)c1. The summed E-state index contributed by atoms with van der Waals surface area (Å²) in [5, 5.41) is 5.34. The van der Waals surface area contributed by atoms with Gasteiger partial charge in [-0.2, -0.15) is 18.3 Å². The molecule has 41 heavy (non-hydrogen) atoms. The van der Waals surface area contributed by atoms with Gasteiger partial charge in [-0.3, -0.25) is 4.68 Å². The highest BCUT2D eigenvalue weighted by Crippen LogP contribution is 2.42. The quantitative estimate of drug-likeness (QED) is 0.183. The maximum Gasteiger partial charge on any atom is 0.435 e. The lowest BCUT2D eigenvalue weighted by Gasteiger charge is -2.23. The average Bonchev–Trinajstić information content (AvgIpc) is 3.71. The Labute approximate surface area is 244 Å². The normalized spacial score (nSPS) is 13.2. The molecule has 1 aliphatic carbocycles. The van der Waals surface area contributed by atoms with Crippen LogP contribution in [0, 0.1) is 0 Å². The Hall–Kier alpha value is -3.76. The molecule has 12 heteroatoms. The highest BCUT2D eigenvalue weighted by atomic mass is 35.5. The number of aromatic nitrogens is 3. The van der Waals surface area contributed by atoms with Crippen molar-refractivity contribution in [1.82, 2.24) is 14.8 Å². The van der Waals surface area contributed by atoms with Crippen molar-refractivity contribution in [1.29, 1.82) is 0 Å². The van der Waals surface area contributed by atoms with Gasteiger partial charge in [0.15, 0.2) is 5.69 Å². The van der Waals surface area contributed by atoms with Crippen LogP contribution in [-0.4, -0.2) is 34.9 Å². The van der Waals surface area contributed by atoms with Gasteiger partial charge in [0.05, 0.1) is 46.3 Å². The topological polar surface area (TPSA) is 69.5 Å². The van der Waals surface area contributed by atoms with Crippen molar-refractivity contribution in [3.63, 3.8) is 0 Å². The molecule has 2 aromatic heterocycles. The van der Waals surface area contributed by atoms with E-state index in [4.69, 9.17) is 32.7 Å². The van der Waals surface area contributed by atoms with E-state index in [9.17, 15) is 18.0 Å². The van der Waals surface area contributed by atoms with E-state index in [1.807, 2.05) is 4.68 Å². The van der Waals surface area contributed by atoms with Gasteiger partial charge in [0.1, 0.15) is 6.61 Å². The minimum atomic E-state index is -4.75. The number of ether oxygens (including phenoxy) is 2. The number of alkyl halides is 3. The molecule has 0 saturated heterocycles. The smallest absolute Gasteiger partial charge is 0.435 e. The molecule has 2 heterocycles. The zero-order valence-electron chi connectivity index (χ0n) is 22.1. The Kier molecular flexibility index (Phi) is 8.15.